The number of nitrogens with one attached hydrogen (secondary N) is 1. The van der Waals surface area contributed by atoms with Gasteiger partial charge in [0.15, 0.2) is 0 Å². The summed E-state index contributed by atoms with van der Waals surface area (Å²) in [6.07, 6.45) is 3.13. The van der Waals surface area contributed by atoms with Crippen LogP contribution < -0.4 is 5.32 Å². The molecule has 2 saturated heterocycles. The van der Waals surface area contributed by atoms with E-state index in [0.717, 1.165) is 45.4 Å². The predicted octanol–water partition coefficient (Wildman–Crippen LogP) is 0.734. The van der Waals surface area contributed by atoms with E-state index in [0.29, 0.717) is 25.0 Å². The first-order valence-corrected chi connectivity index (χ1v) is 9.47. The Morgan fingerprint density at radius 3 is 2.25 bits per heavy atom. The maximum Gasteiger partial charge on any atom is 0.215 e. The SMILES string of the molecule is CCC1(C)CCN(S(=O)(=O)CCN2CCNCC2)CC1. The van der Waals surface area contributed by atoms with Crippen molar-refractivity contribution >= 4 is 10.0 Å². The number of rotatable bonds is 5. The molecule has 0 saturated carbocycles. The van der Waals surface area contributed by atoms with Gasteiger partial charge >= 0.3 is 0 Å². The van der Waals surface area contributed by atoms with Crippen molar-refractivity contribution in [2.24, 2.45) is 5.41 Å². The van der Waals surface area contributed by atoms with Crippen LogP contribution in [0.5, 0.6) is 0 Å². The summed E-state index contributed by atoms with van der Waals surface area (Å²) in [5.41, 5.74) is 0.338. The fourth-order valence-electron chi connectivity index (χ4n) is 2.97. The van der Waals surface area contributed by atoms with Gasteiger partial charge < -0.3 is 5.32 Å². The first-order chi connectivity index (χ1) is 9.45. The summed E-state index contributed by atoms with van der Waals surface area (Å²) >= 11 is 0. The zero-order valence-corrected chi connectivity index (χ0v) is 13.7. The minimum Gasteiger partial charge on any atom is -0.314 e. The van der Waals surface area contributed by atoms with Crippen molar-refractivity contribution in [3.8, 4) is 0 Å². The summed E-state index contributed by atoms with van der Waals surface area (Å²) in [4.78, 5) is 2.24. The van der Waals surface area contributed by atoms with Crippen LogP contribution in [0.25, 0.3) is 0 Å². The van der Waals surface area contributed by atoms with Gasteiger partial charge in [-0.1, -0.05) is 20.3 Å². The van der Waals surface area contributed by atoms with Crippen molar-refractivity contribution < 1.29 is 8.42 Å². The second-order valence-electron chi connectivity index (χ2n) is 6.47. The van der Waals surface area contributed by atoms with Gasteiger partial charge in [0, 0.05) is 45.8 Å². The summed E-state index contributed by atoms with van der Waals surface area (Å²) in [7, 11) is -3.07. The van der Waals surface area contributed by atoms with E-state index in [1.807, 2.05) is 0 Å². The Hall–Kier alpha value is -0.170. The predicted molar refractivity (Wildman–Crippen MR) is 82.3 cm³/mol. The van der Waals surface area contributed by atoms with Crippen molar-refractivity contribution in [1.29, 1.82) is 0 Å². The van der Waals surface area contributed by atoms with Crippen molar-refractivity contribution in [3.63, 3.8) is 0 Å². The van der Waals surface area contributed by atoms with E-state index in [2.05, 4.69) is 24.1 Å². The second-order valence-corrected chi connectivity index (χ2v) is 8.56. The van der Waals surface area contributed by atoms with Crippen LogP contribution in [0.3, 0.4) is 0 Å². The molecule has 5 nitrogen and oxygen atoms in total. The van der Waals surface area contributed by atoms with Crippen molar-refractivity contribution in [3.05, 3.63) is 0 Å². The average Bonchev–Trinajstić information content (AvgIpc) is 2.47. The summed E-state index contributed by atoms with van der Waals surface area (Å²) < 4.78 is 26.5. The molecule has 2 rings (SSSR count). The highest BCUT2D eigenvalue weighted by atomic mass is 32.2. The van der Waals surface area contributed by atoms with Gasteiger partial charge in [0.25, 0.3) is 0 Å². The van der Waals surface area contributed by atoms with Crippen LogP contribution in [-0.2, 0) is 10.0 Å². The lowest BCUT2D eigenvalue weighted by Crippen LogP contribution is -2.47. The van der Waals surface area contributed by atoms with Crippen LogP contribution in [0, 0.1) is 5.41 Å². The molecule has 0 aromatic heterocycles. The molecule has 0 aromatic carbocycles. The topological polar surface area (TPSA) is 52.7 Å². The highest BCUT2D eigenvalue weighted by Gasteiger charge is 2.33. The van der Waals surface area contributed by atoms with Gasteiger partial charge in [-0.2, -0.15) is 0 Å². The lowest BCUT2D eigenvalue weighted by atomic mass is 9.79. The second kappa shape index (κ2) is 6.73. The molecule has 2 aliphatic heterocycles. The zero-order valence-electron chi connectivity index (χ0n) is 12.9. The van der Waals surface area contributed by atoms with E-state index in [-0.39, 0.29) is 5.75 Å². The Kier molecular flexibility index (Phi) is 5.45. The molecule has 2 heterocycles. The van der Waals surface area contributed by atoms with Gasteiger partial charge in [-0.05, 0) is 18.3 Å². The zero-order chi connectivity index (χ0) is 14.6. The monoisotopic (exact) mass is 303 g/mol. The lowest BCUT2D eigenvalue weighted by Gasteiger charge is -2.38. The number of sulfonamides is 1. The van der Waals surface area contributed by atoms with Gasteiger partial charge in [-0.25, -0.2) is 12.7 Å². The first kappa shape index (κ1) is 16.2. The lowest BCUT2D eigenvalue weighted by molar-refractivity contribution is 0.168. The first-order valence-electron chi connectivity index (χ1n) is 7.86. The fourth-order valence-corrected chi connectivity index (χ4v) is 4.45. The highest BCUT2D eigenvalue weighted by Crippen LogP contribution is 2.34. The van der Waals surface area contributed by atoms with Crippen molar-refractivity contribution in [1.82, 2.24) is 14.5 Å². The summed E-state index contributed by atoms with van der Waals surface area (Å²) in [6, 6.07) is 0. The molecule has 2 aliphatic rings. The summed E-state index contributed by atoms with van der Waals surface area (Å²) in [5, 5.41) is 3.29. The molecular weight excluding hydrogens is 274 g/mol. The number of hydrogen-bond donors (Lipinski definition) is 1. The maximum atomic E-state index is 12.4. The molecular formula is C14H29N3O2S. The van der Waals surface area contributed by atoms with Crippen LogP contribution in [0.1, 0.15) is 33.1 Å². The molecule has 0 aromatic rings. The van der Waals surface area contributed by atoms with Gasteiger partial charge in [0.1, 0.15) is 0 Å². The van der Waals surface area contributed by atoms with E-state index in [1.165, 1.54) is 0 Å². The van der Waals surface area contributed by atoms with Gasteiger partial charge in [-0.15, -0.1) is 0 Å². The molecule has 0 atom stereocenters. The van der Waals surface area contributed by atoms with Crippen molar-refractivity contribution in [2.75, 3.05) is 51.6 Å². The molecule has 0 radical (unpaired) electrons. The van der Waals surface area contributed by atoms with Crippen LogP contribution in [0.2, 0.25) is 0 Å². The molecule has 2 fully saturated rings. The normalized spacial score (nSPS) is 25.7. The van der Waals surface area contributed by atoms with Crippen LogP contribution in [-0.4, -0.2) is 69.2 Å². The molecule has 0 aliphatic carbocycles. The minimum absolute atomic E-state index is 0.274. The molecule has 20 heavy (non-hydrogen) atoms. The van der Waals surface area contributed by atoms with Gasteiger partial charge in [0.05, 0.1) is 5.75 Å². The Morgan fingerprint density at radius 2 is 1.70 bits per heavy atom. The third kappa shape index (κ3) is 4.16. The third-order valence-electron chi connectivity index (χ3n) is 5.05. The van der Waals surface area contributed by atoms with E-state index in [1.54, 1.807) is 4.31 Å². The smallest absolute Gasteiger partial charge is 0.215 e. The van der Waals surface area contributed by atoms with E-state index >= 15 is 0 Å². The average molecular weight is 303 g/mol. The highest BCUT2D eigenvalue weighted by molar-refractivity contribution is 7.89. The Balaban J connectivity index is 1.81. The number of piperidine rings is 1. The fraction of sp³-hybridized carbons (Fsp3) is 1.00. The molecule has 0 unspecified atom stereocenters. The number of hydrogen-bond acceptors (Lipinski definition) is 4. The van der Waals surface area contributed by atoms with Crippen LogP contribution in [0.4, 0.5) is 0 Å². The summed E-state index contributed by atoms with van der Waals surface area (Å²) in [5.74, 6) is 0.274. The van der Waals surface area contributed by atoms with E-state index in [9.17, 15) is 8.42 Å². The van der Waals surface area contributed by atoms with Crippen LogP contribution in [0.15, 0.2) is 0 Å². The summed E-state index contributed by atoms with van der Waals surface area (Å²) in [6.45, 7) is 10.4. The van der Waals surface area contributed by atoms with Gasteiger partial charge in [0.2, 0.25) is 10.0 Å². The molecule has 0 amide bonds. The van der Waals surface area contributed by atoms with Gasteiger partial charge in [-0.3, -0.25) is 4.90 Å². The largest absolute Gasteiger partial charge is 0.314 e. The van der Waals surface area contributed by atoms with Crippen LogP contribution >= 0.6 is 0 Å². The molecule has 6 heteroatoms. The van der Waals surface area contributed by atoms with E-state index < -0.39 is 10.0 Å². The number of nitrogens with zero attached hydrogens (tertiary/aromatic N) is 2. The molecule has 1 N–H and O–H groups in total. The third-order valence-corrected chi connectivity index (χ3v) is 6.90. The number of piperazine rings is 1. The maximum absolute atomic E-state index is 12.4. The Labute approximate surface area is 123 Å². The molecule has 118 valence electrons. The molecule has 0 bridgehead atoms. The van der Waals surface area contributed by atoms with E-state index in [4.69, 9.17) is 0 Å². The molecule has 0 spiro atoms. The Morgan fingerprint density at radius 1 is 1.10 bits per heavy atom. The quantitative estimate of drug-likeness (QED) is 0.814. The Bertz CT molecular complexity index is 397. The standard InChI is InChI=1S/C14H29N3O2S/c1-3-14(2)4-8-17(9-5-14)20(18,19)13-12-16-10-6-15-7-11-16/h15H,3-13H2,1-2H3. The van der Waals surface area contributed by atoms with Crippen molar-refractivity contribution in [2.45, 2.75) is 33.1 Å². The minimum atomic E-state index is -3.07.